The van der Waals surface area contributed by atoms with Gasteiger partial charge in [-0.15, -0.1) is 12.3 Å². The number of aryl methyl sites for hydroxylation is 1. The highest BCUT2D eigenvalue weighted by atomic mass is 79.9. The Balaban J connectivity index is 0.000000726. The first kappa shape index (κ1) is 45.2. The van der Waals surface area contributed by atoms with E-state index in [-0.39, 0.29) is 23.5 Å². The highest BCUT2D eigenvalue weighted by Gasteiger charge is 2.22. The normalized spacial score (nSPS) is 12.7. The van der Waals surface area contributed by atoms with Crippen molar-refractivity contribution in [2.75, 3.05) is 37.0 Å². The molecule has 0 fully saturated rings. The van der Waals surface area contributed by atoms with Gasteiger partial charge < -0.3 is 24.4 Å². The Bertz CT molecular complexity index is 1810. The second-order valence-electron chi connectivity index (χ2n) is 13.4. The van der Waals surface area contributed by atoms with E-state index < -0.39 is 0 Å². The van der Waals surface area contributed by atoms with Gasteiger partial charge in [-0.1, -0.05) is 33.6 Å². The van der Waals surface area contributed by atoms with Crippen molar-refractivity contribution in [2.24, 2.45) is 11.0 Å². The number of allylic oxidation sites excluding steroid dienone is 1. The van der Waals surface area contributed by atoms with Crippen molar-refractivity contribution in [1.29, 1.82) is 0 Å². The number of carbonyl (C=O) groups is 2. The Kier molecular flexibility index (Phi) is 19.2. The van der Waals surface area contributed by atoms with Crippen LogP contribution in [0.2, 0.25) is 0 Å². The number of hydrogen-bond acceptors (Lipinski definition) is 12. The summed E-state index contributed by atoms with van der Waals surface area (Å²) in [6.07, 6.45) is 17.8. The first-order chi connectivity index (χ1) is 25.7. The molecule has 3 heterocycles. The maximum absolute atomic E-state index is 12.2. The number of ether oxygens (including phenoxy) is 3. The van der Waals surface area contributed by atoms with E-state index >= 15 is 0 Å². The standard InChI is InChI=1S/C31H38BrN7O3.C6H12O2.C4H6/c1-6-8-9-14-38(19-22(4)31(40)41-5)30-25(32)18-26-28(37-30)29(34-20-33-26)36-23-10-11-27(21(3)17-23)42-24-12-15-39(16-13-24)35-7-2;1-5(7)8-6(2,3)4;1-3-4-2/h7,10-13,15,17-18,20,22H,6,8-9,14,16,19H2,1-5H3,(H,33,34,36);1-4H3;1H,4H2,2H3/b35-7-;;. The zero-order chi connectivity index (χ0) is 40.3. The molecule has 0 radical (unpaired) electrons. The number of esters is 2. The lowest BCUT2D eigenvalue weighted by Crippen LogP contribution is -2.34. The third kappa shape index (κ3) is 15.6. The van der Waals surface area contributed by atoms with E-state index in [2.05, 4.69) is 54.1 Å². The van der Waals surface area contributed by atoms with Crippen LogP contribution in [0.1, 0.15) is 86.6 Å². The van der Waals surface area contributed by atoms with E-state index in [9.17, 15) is 9.59 Å². The van der Waals surface area contributed by atoms with Crippen LogP contribution >= 0.6 is 15.9 Å². The number of halogens is 1. The molecular weight excluding hydrogens is 750 g/mol. The minimum Gasteiger partial charge on any atom is -0.469 e. The predicted octanol–water partition coefficient (Wildman–Crippen LogP) is 9.12. The molecule has 1 aliphatic heterocycles. The van der Waals surface area contributed by atoms with Gasteiger partial charge in [-0.25, -0.2) is 15.0 Å². The minimum atomic E-state index is -0.328. The third-order valence-corrected chi connectivity index (χ3v) is 8.03. The molecule has 2 aromatic heterocycles. The van der Waals surface area contributed by atoms with Crippen LogP contribution in [0.5, 0.6) is 5.75 Å². The van der Waals surface area contributed by atoms with E-state index in [1.54, 1.807) is 6.21 Å². The van der Waals surface area contributed by atoms with Gasteiger partial charge in [0.05, 0.1) is 29.6 Å². The average molecular weight is 807 g/mol. The van der Waals surface area contributed by atoms with E-state index in [4.69, 9.17) is 25.6 Å². The van der Waals surface area contributed by atoms with Crippen LogP contribution in [-0.4, -0.2) is 70.5 Å². The summed E-state index contributed by atoms with van der Waals surface area (Å²) in [6, 6.07) is 7.84. The van der Waals surface area contributed by atoms with Crippen molar-refractivity contribution in [2.45, 2.75) is 93.6 Å². The van der Waals surface area contributed by atoms with E-state index in [1.807, 2.05) is 96.1 Å². The number of methoxy groups -OCH3 is 1. The van der Waals surface area contributed by atoms with Crippen molar-refractivity contribution in [1.82, 2.24) is 20.0 Å². The van der Waals surface area contributed by atoms with E-state index in [1.165, 1.54) is 20.4 Å². The van der Waals surface area contributed by atoms with Crippen LogP contribution in [-0.2, 0) is 19.1 Å². The average Bonchev–Trinajstić information content (AvgIpc) is 3.12. The SMILES string of the molecule is C#CCC.C/C=N\N1C=CC(Oc2ccc(Nc3ncnc4cc(Br)c(N(CCCCC)CC(C)C(=O)OC)nc34)cc2C)=CC1.CC(=O)OC(C)(C)C. The molecule has 0 amide bonds. The van der Waals surface area contributed by atoms with Gasteiger partial charge in [0, 0.05) is 44.5 Å². The molecule has 54 heavy (non-hydrogen) atoms. The number of benzene rings is 1. The molecule has 13 heteroatoms. The van der Waals surface area contributed by atoms with Crippen LogP contribution in [0.3, 0.4) is 0 Å². The van der Waals surface area contributed by atoms with Gasteiger partial charge in [0.2, 0.25) is 0 Å². The Morgan fingerprint density at radius 2 is 1.93 bits per heavy atom. The van der Waals surface area contributed by atoms with Gasteiger partial charge in [0.15, 0.2) is 5.82 Å². The van der Waals surface area contributed by atoms with Crippen molar-refractivity contribution in [3.05, 3.63) is 64.7 Å². The summed E-state index contributed by atoms with van der Waals surface area (Å²) in [6.45, 7) is 18.7. The topological polar surface area (TPSA) is 131 Å². The first-order valence-corrected chi connectivity index (χ1v) is 18.9. The summed E-state index contributed by atoms with van der Waals surface area (Å²) in [4.78, 5) is 38.6. The number of nitrogens with zero attached hydrogens (tertiary/aromatic N) is 6. The second-order valence-corrected chi connectivity index (χ2v) is 14.2. The molecule has 0 aliphatic carbocycles. The molecule has 1 aromatic carbocycles. The fourth-order valence-corrected chi connectivity index (χ4v) is 5.58. The molecule has 0 saturated carbocycles. The summed E-state index contributed by atoms with van der Waals surface area (Å²) in [5, 5.41) is 9.50. The highest BCUT2D eigenvalue weighted by Crippen LogP contribution is 2.33. The molecule has 0 bridgehead atoms. The molecule has 1 atom stereocenters. The lowest BCUT2D eigenvalue weighted by atomic mass is 10.1. The van der Waals surface area contributed by atoms with E-state index in [0.29, 0.717) is 29.9 Å². The first-order valence-electron chi connectivity index (χ1n) is 18.1. The fraction of sp³-hybridized carbons (Fsp3) is 0.463. The summed E-state index contributed by atoms with van der Waals surface area (Å²) < 4.78 is 16.7. The van der Waals surface area contributed by atoms with Gasteiger partial charge >= 0.3 is 11.9 Å². The zero-order valence-electron chi connectivity index (χ0n) is 33.4. The van der Waals surface area contributed by atoms with Gasteiger partial charge in [-0.05, 0) is 99.0 Å². The quantitative estimate of drug-likeness (QED) is 0.0768. The van der Waals surface area contributed by atoms with Crippen molar-refractivity contribution in [3.63, 3.8) is 0 Å². The monoisotopic (exact) mass is 805 g/mol. The molecule has 0 spiro atoms. The molecule has 3 aromatic rings. The number of carbonyl (C=O) groups excluding carboxylic acids is 2. The number of rotatable bonds is 13. The van der Waals surface area contributed by atoms with Crippen LogP contribution in [0.4, 0.5) is 17.3 Å². The minimum absolute atomic E-state index is 0.225. The number of anilines is 3. The summed E-state index contributed by atoms with van der Waals surface area (Å²) in [7, 11) is 1.42. The zero-order valence-corrected chi connectivity index (χ0v) is 35.0. The van der Waals surface area contributed by atoms with Gasteiger partial charge in [-0.2, -0.15) is 5.10 Å². The number of aromatic nitrogens is 3. The van der Waals surface area contributed by atoms with Gasteiger partial charge in [0.1, 0.15) is 34.8 Å². The molecule has 1 aliphatic rings. The number of hydrazone groups is 1. The predicted molar refractivity (Wildman–Crippen MR) is 222 cm³/mol. The molecule has 1 N–H and O–H groups in total. The van der Waals surface area contributed by atoms with Gasteiger partial charge in [-0.3, -0.25) is 14.6 Å². The lowest BCUT2D eigenvalue weighted by molar-refractivity contribution is -0.152. The smallest absolute Gasteiger partial charge is 0.310 e. The number of nitrogens with one attached hydrogen (secondary N) is 1. The summed E-state index contributed by atoms with van der Waals surface area (Å²) in [5.74, 6) is 4.52. The van der Waals surface area contributed by atoms with Crippen molar-refractivity contribution in [3.8, 4) is 18.1 Å². The fourth-order valence-electron chi connectivity index (χ4n) is 5.03. The Morgan fingerprint density at radius 3 is 2.46 bits per heavy atom. The molecular formula is C41H56BrN7O5. The summed E-state index contributed by atoms with van der Waals surface area (Å²) >= 11 is 3.70. The molecule has 4 rings (SSSR count). The summed E-state index contributed by atoms with van der Waals surface area (Å²) in [5.41, 5.74) is 2.83. The number of terminal acetylenes is 1. The maximum Gasteiger partial charge on any atom is 0.310 e. The van der Waals surface area contributed by atoms with E-state index in [0.717, 1.165) is 65.3 Å². The highest BCUT2D eigenvalue weighted by molar-refractivity contribution is 9.10. The van der Waals surface area contributed by atoms with Crippen LogP contribution < -0.4 is 15.0 Å². The van der Waals surface area contributed by atoms with Crippen molar-refractivity contribution < 1.29 is 23.8 Å². The largest absolute Gasteiger partial charge is 0.469 e. The Hall–Kier alpha value is -4.96. The molecule has 292 valence electrons. The lowest BCUT2D eigenvalue weighted by Gasteiger charge is -2.27. The molecule has 12 nitrogen and oxygen atoms in total. The Morgan fingerprint density at radius 1 is 1.20 bits per heavy atom. The number of unbranched alkanes of at least 4 members (excludes halogenated alkanes) is 2. The Labute approximate surface area is 329 Å². The van der Waals surface area contributed by atoms with Gasteiger partial charge in [0.25, 0.3) is 0 Å². The van der Waals surface area contributed by atoms with Crippen LogP contribution in [0, 0.1) is 25.2 Å². The molecule has 1 unspecified atom stereocenters. The second kappa shape index (κ2) is 23.0. The molecule has 0 saturated heterocycles. The number of hydrogen-bond donors (Lipinski definition) is 1. The maximum atomic E-state index is 12.2. The number of fused-ring (bicyclic) bond motifs is 1. The number of pyridine rings is 1. The third-order valence-electron chi connectivity index (χ3n) is 7.45. The van der Waals surface area contributed by atoms with Crippen LogP contribution in [0.25, 0.3) is 11.0 Å². The van der Waals surface area contributed by atoms with Crippen LogP contribution in [0.15, 0.2) is 64.3 Å². The van der Waals surface area contributed by atoms with Crippen molar-refractivity contribution >= 4 is 62.4 Å².